The zero-order valence-corrected chi connectivity index (χ0v) is 16.8. The van der Waals surface area contributed by atoms with Crippen LogP contribution >= 0.6 is 46.4 Å². The molecule has 0 unspecified atom stereocenters. The van der Waals surface area contributed by atoms with Crippen molar-refractivity contribution in [1.82, 2.24) is 5.32 Å². The summed E-state index contributed by atoms with van der Waals surface area (Å²) in [6, 6.07) is 19.5. The van der Waals surface area contributed by atoms with Gasteiger partial charge in [-0.1, -0.05) is 54.1 Å². The summed E-state index contributed by atoms with van der Waals surface area (Å²) in [6.45, 7) is 0. The number of carbonyl (C=O) groups excluding carboxylic acids is 1. The predicted octanol–water partition coefficient (Wildman–Crippen LogP) is 5.15. The van der Waals surface area contributed by atoms with Gasteiger partial charge in [-0.2, -0.15) is 0 Å². The van der Waals surface area contributed by atoms with E-state index in [1.165, 1.54) is 0 Å². The van der Waals surface area contributed by atoms with Gasteiger partial charge in [0.15, 0.2) is 5.11 Å². The van der Waals surface area contributed by atoms with Crippen molar-refractivity contribution in [3.63, 3.8) is 0 Å². The Kier molecular flexibility index (Phi) is 5.88. The van der Waals surface area contributed by atoms with E-state index in [-0.39, 0.29) is 17.4 Å². The molecule has 0 saturated heterocycles. The molecule has 3 rings (SSSR count). The predicted molar refractivity (Wildman–Crippen MR) is 116 cm³/mol. The molecule has 0 atom stereocenters. The lowest BCUT2D eigenvalue weighted by molar-refractivity contribution is -0.119. The third-order valence-corrected chi connectivity index (χ3v) is 4.85. The van der Waals surface area contributed by atoms with Crippen molar-refractivity contribution in [2.45, 2.75) is 6.42 Å². The summed E-state index contributed by atoms with van der Waals surface area (Å²) < 4.78 is 1.03. The molecule has 0 heterocycles. The van der Waals surface area contributed by atoms with Gasteiger partial charge in [0.2, 0.25) is 5.91 Å². The fourth-order valence-corrected chi connectivity index (χ4v) is 3.66. The van der Waals surface area contributed by atoms with Gasteiger partial charge in [-0.25, -0.2) is 0 Å². The van der Waals surface area contributed by atoms with E-state index in [0.717, 1.165) is 19.9 Å². The average Bonchev–Trinajstić information content (AvgIpc) is 2.57. The van der Waals surface area contributed by atoms with Crippen LogP contribution in [0.2, 0.25) is 5.02 Å². The van der Waals surface area contributed by atoms with E-state index in [4.69, 9.17) is 23.8 Å². The minimum atomic E-state index is -0.171. The Morgan fingerprint density at radius 2 is 1.84 bits per heavy atom. The zero-order chi connectivity index (χ0) is 17.8. The maximum atomic E-state index is 12.3. The molecule has 2 N–H and O–H groups in total. The van der Waals surface area contributed by atoms with Gasteiger partial charge < -0.3 is 10.6 Å². The molecule has 3 aromatic rings. The molecule has 0 aromatic heterocycles. The van der Waals surface area contributed by atoms with E-state index in [1.54, 1.807) is 0 Å². The summed E-state index contributed by atoms with van der Waals surface area (Å²) in [5.74, 6) is -0.171. The molecule has 0 fully saturated rings. The zero-order valence-electron chi connectivity index (χ0n) is 13.1. The summed E-state index contributed by atoms with van der Waals surface area (Å²) in [4.78, 5) is 12.3. The van der Waals surface area contributed by atoms with Crippen molar-refractivity contribution in [2.24, 2.45) is 0 Å². The largest absolute Gasteiger partial charge is 0.331 e. The van der Waals surface area contributed by atoms with Crippen LogP contribution in [0.1, 0.15) is 5.56 Å². The summed E-state index contributed by atoms with van der Waals surface area (Å²) in [5, 5.41) is 8.62. The number of benzene rings is 3. The number of rotatable bonds is 3. The molecule has 0 aliphatic rings. The third kappa shape index (κ3) is 4.68. The first-order valence-corrected chi connectivity index (χ1v) is 9.42. The molecule has 0 bridgehead atoms. The highest BCUT2D eigenvalue weighted by atomic mass is 127. The SMILES string of the molecule is O=C(Cc1cccc2ccccc12)NC(=S)Nc1ccc(I)cc1Cl. The average molecular weight is 481 g/mol. The number of amides is 1. The van der Waals surface area contributed by atoms with E-state index in [9.17, 15) is 4.79 Å². The normalized spacial score (nSPS) is 10.5. The Morgan fingerprint density at radius 1 is 1.08 bits per heavy atom. The Morgan fingerprint density at radius 3 is 2.64 bits per heavy atom. The topological polar surface area (TPSA) is 41.1 Å². The second-order valence-corrected chi connectivity index (χ2v) is 7.50. The summed E-state index contributed by atoms with van der Waals surface area (Å²) in [6.07, 6.45) is 0.254. The first-order valence-electron chi connectivity index (χ1n) is 7.55. The van der Waals surface area contributed by atoms with Gasteiger partial charge in [0.1, 0.15) is 0 Å². The molecule has 0 aliphatic carbocycles. The van der Waals surface area contributed by atoms with E-state index >= 15 is 0 Å². The van der Waals surface area contributed by atoms with Crippen LogP contribution in [0.25, 0.3) is 10.8 Å². The van der Waals surface area contributed by atoms with Crippen molar-refractivity contribution in [1.29, 1.82) is 0 Å². The number of nitrogens with one attached hydrogen (secondary N) is 2. The van der Waals surface area contributed by atoms with Crippen LogP contribution in [-0.2, 0) is 11.2 Å². The molecule has 25 heavy (non-hydrogen) atoms. The van der Waals surface area contributed by atoms with Crippen LogP contribution in [-0.4, -0.2) is 11.0 Å². The number of hydrogen-bond acceptors (Lipinski definition) is 2. The Balaban J connectivity index is 1.66. The van der Waals surface area contributed by atoms with Gasteiger partial charge >= 0.3 is 0 Å². The summed E-state index contributed by atoms with van der Waals surface area (Å²) >= 11 is 13.6. The Labute approximate surface area is 169 Å². The highest BCUT2D eigenvalue weighted by Gasteiger charge is 2.10. The molecule has 3 nitrogen and oxygen atoms in total. The van der Waals surface area contributed by atoms with Crippen LogP contribution in [0, 0.1) is 3.57 Å². The van der Waals surface area contributed by atoms with E-state index < -0.39 is 0 Å². The van der Waals surface area contributed by atoms with Crippen LogP contribution in [0.3, 0.4) is 0 Å². The summed E-state index contributed by atoms with van der Waals surface area (Å²) in [7, 11) is 0. The second kappa shape index (κ2) is 8.12. The van der Waals surface area contributed by atoms with Crippen LogP contribution in [0.5, 0.6) is 0 Å². The lowest BCUT2D eigenvalue weighted by atomic mass is 10.0. The van der Waals surface area contributed by atoms with Crippen molar-refractivity contribution in [3.05, 3.63) is 74.8 Å². The van der Waals surface area contributed by atoms with Crippen molar-refractivity contribution < 1.29 is 4.79 Å². The lowest BCUT2D eigenvalue weighted by Gasteiger charge is -2.12. The molecular formula is C19H14ClIN2OS. The number of anilines is 1. The number of halogens is 2. The fraction of sp³-hybridized carbons (Fsp3) is 0.0526. The van der Waals surface area contributed by atoms with Crippen LogP contribution in [0.4, 0.5) is 5.69 Å². The summed E-state index contributed by atoms with van der Waals surface area (Å²) in [5.41, 5.74) is 1.63. The number of fused-ring (bicyclic) bond motifs is 1. The number of thiocarbonyl (C=S) groups is 1. The van der Waals surface area contributed by atoms with Crippen molar-refractivity contribution >= 4 is 73.9 Å². The lowest BCUT2D eigenvalue weighted by Crippen LogP contribution is -2.35. The van der Waals surface area contributed by atoms with Gasteiger partial charge in [0.05, 0.1) is 17.1 Å². The van der Waals surface area contributed by atoms with Gasteiger partial charge in [0.25, 0.3) is 0 Å². The van der Waals surface area contributed by atoms with Gasteiger partial charge in [-0.05, 0) is 69.3 Å². The quantitative estimate of drug-likeness (QED) is 0.402. The van der Waals surface area contributed by atoms with E-state index in [0.29, 0.717) is 10.7 Å². The highest BCUT2D eigenvalue weighted by Crippen LogP contribution is 2.23. The van der Waals surface area contributed by atoms with Crippen molar-refractivity contribution in [2.75, 3.05) is 5.32 Å². The monoisotopic (exact) mass is 480 g/mol. The Hall–Kier alpha value is -1.70. The Bertz CT molecular complexity index is 956. The first-order chi connectivity index (χ1) is 12.0. The van der Waals surface area contributed by atoms with Crippen LogP contribution < -0.4 is 10.6 Å². The first kappa shape index (κ1) is 18.1. The molecule has 0 radical (unpaired) electrons. The molecule has 126 valence electrons. The fourth-order valence-electron chi connectivity index (χ4n) is 2.53. The standard InChI is InChI=1S/C19H14ClIN2OS/c20-16-11-14(21)8-9-17(16)22-19(25)23-18(24)10-13-6-3-5-12-4-1-2-7-15(12)13/h1-9,11H,10H2,(H2,22,23,24,25). The molecule has 0 saturated carbocycles. The minimum absolute atomic E-state index is 0.171. The molecular weight excluding hydrogens is 467 g/mol. The molecule has 3 aromatic carbocycles. The highest BCUT2D eigenvalue weighted by molar-refractivity contribution is 14.1. The molecule has 0 aliphatic heterocycles. The van der Waals surface area contributed by atoms with E-state index in [1.807, 2.05) is 60.7 Å². The third-order valence-electron chi connectivity index (χ3n) is 3.66. The van der Waals surface area contributed by atoms with Gasteiger partial charge in [-0.15, -0.1) is 0 Å². The smallest absolute Gasteiger partial charge is 0.230 e. The van der Waals surface area contributed by atoms with Gasteiger partial charge in [-0.3, -0.25) is 4.79 Å². The van der Waals surface area contributed by atoms with Crippen molar-refractivity contribution in [3.8, 4) is 0 Å². The minimum Gasteiger partial charge on any atom is -0.331 e. The molecule has 1 amide bonds. The van der Waals surface area contributed by atoms with Gasteiger partial charge in [0, 0.05) is 3.57 Å². The molecule has 6 heteroatoms. The second-order valence-electron chi connectivity index (χ2n) is 5.44. The number of hydrogen-bond donors (Lipinski definition) is 2. The molecule has 0 spiro atoms. The van der Waals surface area contributed by atoms with E-state index in [2.05, 4.69) is 33.2 Å². The number of carbonyl (C=O) groups is 1. The maximum absolute atomic E-state index is 12.3. The maximum Gasteiger partial charge on any atom is 0.230 e. The van der Waals surface area contributed by atoms with Crippen LogP contribution in [0.15, 0.2) is 60.7 Å².